The van der Waals surface area contributed by atoms with Gasteiger partial charge >= 0.3 is 6.09 Å². The summed E-state index contributed by atoms with van der Waals surface area (Å²) in [6.07, 6.45) is 0.386. The third kappa shape index (κ3) is 3.84. The molecule has 0 fully saturated rings. The van der Waals surface area contributed by atoms with Gasteiger partial charge in [0, 0.05) is 0 Å². The number of fused-ring (bicyclic) bond motifs is 1. The van der Waals surface area contributed by atoms with Gasteiger partial charge in [0.25, 0.3) is 5.69 Å². The normalized spacial score (nSPS) is 13.2. The Bertz CT molecular complexity index is 635. The van der Waals surface area contributed by atoms with Crippen molar-refractivity contribution in [1.29, 1.82) is 0 Å². The molecule has 0 aliphatic carbocycles. The summed E-state index contributed by atoms with van der Waals surface area (Å²) in [7, 11) is 0. The number of benzene rings is 1. The van der Waals surface area contributed by atoms with Gasteiger partial charge in [0.05, 0.1) is 22.8 Å². The van der Waals surface area contributed by atoms with E-state index in [0.29, 0.717) is 11.5 Å². The van der Waals surface area contributed by atoms with E-state index in [0.717, 1.165) is 6.21 Å². The van der Waals surface area contributed by atoms with Gasteiger partial charge < -0.3 is 14.2 Å². The number of hydrogen-bond acceptors (Lipinski definition) is 7. The highest BCUT2D eigenvalue weighted by molar-refractivity contribution is 5.87. The van der Waals surface area contributed by atoms with E-state index in [9.17, 15) is 14.9 Å². The molecule has 0 aromatic heterocycles. The van der Waals surface area contributed by atoms with E-state index in [1.165, 1.54) is 12.1 Å². The van der Waals surface area contributed by atoms with Crippen LogP contribution in [-0.4, -0.2) is 29.6 Å². The summed E-state index contributed by atoms with van der Waals surface area (Å²) in [6, 6.07) is 2.66. The Kier molecular flexibility index (Phi) is 4.15. The average Bonchev–Trinajstić information content (AvgIpc) is 2.82. The van der Waals surface area contributed by atoms with Crippen LogP contribution in [0.25, 0.3) is 0 Å². The summed E-state index contributed by atoms with van der Waals surface area (Å²) in [5.74, 6) is 0.674. The first-order valence-electron chi connectivity index (χ1n) is 6.36. The molecule has 118 valence electrons. The van der Waals surface area contributed by atoms with Crippen molar-refractivity contribution >= 4 is 18.0 Å². The summed E-state index contributed by atoms with van der Waals surface area (Å²) in [5, 5.41) is 14.7. The lowest BCUT2D eigenvalue weighted by molar-refractivity contribution is -0.385. The Balaban J connectivity index is 2.13. The van der Waals surface area contributed by atoms with E-state index >= 15 is 0 Å². The lowest BCUT2D eigenvalue weighted by atomic mass is 10.1. The molecule has 0 bridgehead atoms. The number of amides is 1. The third-order valence-electron chi connectivity index (χ3n) is 2.48. The van der Waals surface area contributed by atoms with E-state index < -0.39 is 16.6 Å². The van der Waals surface area contributed by atoms with E-state index in [1.807, 2.05) is 0 Å². The van der Waals surface area contributed by atoms with Gasteiger partial charge in [0.1, 0.15) is 5.60 Å². The van der Waals surface area contributed by atoms with Crippen LogP contribution >= 0.6 is 0 Å². The minimum Gasteiger partial charge on any atom is -0.454 e. The molecule has 0 radical (unpaired) electrons. The van der Waals surface area contributed by atoms with Crippen molar-refractivity contribution in [2.45, 2.75) is 26.4 Å². The Morgan fingerprint density at radius 2 is 2.05 bits per heavy atom. The van der Waals surface area contributed by atoms with Gasteiger partial charge in [0.2, 0.25) is 6.79 Å². The number of nitro benzene ring substituents is 1. The monoisotopic (exact) mass is 309 g/mol. The molecule has 0 atom stereocenters. The van der Waals surface area contributed by atoms with Gasteiger partial charge in [-0.1, -0.05) is 0 Å². The minimum atomic E-state index is -0.757. The highest BCUT2D eigenvalue weighted by atomic mass is 16.7. The lowest BCUT2D eigenvalue weighted by Gasteiger charge is -2.18. The summed E-state index contributed by atoms with van der Waals surface area (Å²) >= 11 is 0. The molecule has 1 aromatic rings. The van der Waals surface area contributed by atoms with Crippen LogP contribution in [0.3, 0.4) is 0 Å². The van der Waals surface area contributed by atoms with Crippen LogP contribution in [0.5, 0.6) is 11.5 Å². The Morgan fingerprint density at radius 1 is 1.41 bits per heavy atom. The van der Waals surface area contributed by atoms with Gasteiger partial charge in [-0.05, 0) is 26.8 Å². The number of nitro groups is 1. The standard InChI is InChI=1S/C13H15N3O6/c1-13(2,3)22-12(17)15-14-6-8-4-10-11(21-7-20-10)5-9(8)16(18)19/h4-6H,7H2,1-3H3,(H,15,17). The van der Waals surface area contributed by atoms with Crippen LogP contribution < -0.4 is 14.9 Å². The van der Waals surface area contributed by atoms with Crippen molar-refractivity contribution in [3.05, 3.63) is 27.8 Å². The summed E-state index contributed by atoms with van der Waals surface area (Å²) in [4.78, 5) is 21.9. The predicted molar refractivity (Wildman–Crippen MR) is 76.2 cm³/mol. The van der Waals surface area contributed by atoms with Crippen LogP contribution in [0.2, 0.25) is 0 Å². The zero-order valence-corrected chi connectivity index (χ0v) is 12.3. The number of nitrogens with zero attached hydrogens (tertiary/aromatic N) is 2. The number of ether oxygens (including phenoxy) is 3. The summed E-state index contributed by atoms with van der Waals surface area (Å²) < 4.78 is 15.2. The Labute approximate surface area is 126 Å². The van der Waals surface area contributed by atoms with E-state index in [1.54, 1.807) is 20.8 Å². The molecule has 9 nitrogen and oxygen atoms in total. The number of nitrogens with one attached hydrogen (secondary N) is 1. The molecule has 1 aliphatic rings. The Morgan fingerprint density at radius 3 is 2.64 bits per heavy atom. The molecule has 9 heteroatoms. The Hall–Kier alpha value is -2.84. The van der Waals surface area contributed by atoms with Gasteiger partial charge in [-0.15, -0.1) is 0 Å². The molecule has 2 rings (SSSR count). The van der Waals surface area contributed by atoms with Crippen molar-refractivity contribution in [3.8, 4) is 11.5 Å². The highest BCUT2D eigenvalue weighted by Gasteiger charge is 2.22. The van der Waals surface area contributed by atoms with E-state index in [2.05, 4.69) is 10.5 Å². The second kappa shape index (κ2) is 5.88. The number of hydrazone groups is 1. The van der Waals surface area contributed by atoms with Gasteiger partial charge in [-0.3, -0.25) is 10.1 Å². The highest BCUT2D eigenvalue weighted by Crippen LogP contribution is 2.37. The van der Waals surface area contributed by atoms with Gasteiger partial charge in [-0.25, -0.2) is 10.2 Å². The second-order valence-corrected chi connectivity index (χ2v) is 5.39. The fraction of sp³-hybridized carbons (Fsp3) is 0.385. The van der Waals surface area contributed by atoms with E-state index in [4.69, 9.17) is 14.2 Å². The first-order valence-corrected chi connectivity index (χ1v) is 6.36. The quantitative estimate of drug-likeness (QED) is 0.520. The smallest absolute Gasteiger partial charge is 0.428 e. The van der Waals surface area contributed by atoms with Crippen LogP contribution in [0.4, 0.5) is 10.5 Å². The number of rotatable bonds is 3. The lowest BCUT2D eigenvalue weighted by Crippen LogP contribution is -2.29. The zero-order chi connectivity index (χ0) is 16.3. The fourth-order valence-electron chi connectivity index (χ4n) is 1.66. The molecule has 1 heterocycles. The average molecular weight is 309 g/mol. The van der Waals surface area contributed by atoms with Crippen molar-refractivity contribution in [3.63, 3.8) is 0 Å². The van der Waals surface area contributed by atoms with Crippen LogP contribution in [0.1, 0.15) is 26.3 Å². The minimum absolute atomic E-state index is 0.00322. The van der Waals surface area contributed by atoms with Gasteiger partial charge in [-0.2, -0.15) is 5.10 Å². The first-order chi connectivity index (χ1) is 10.3. The molecule has 0 unspecified atom stereocenters. The molecule has 0 saturated heterocycles. The first kappa shape index (κ1) is 15.5. The molecule has 22 heavy (non-hydrogen) atoms. The molecule has 1 aromatic carbocycles. The van der Waals surface area contributed by atoms with Crippen molar-refractivity contribution < 1.29 is 23.9 Å². The fourth-order valence-corrected chi connectivity index (χ4v) is 1.66. The molecular weight excluding hydrogens is 294 g/mol. The zero-order valence-electron chi connectivity index (χ0n) is 12.3. The maximum atomic E-state index is 11.4. The van der Waals surface area contributed by atoms with Crippen molar-refractivity contribution in [2.24, 2.45) is 5.10 Å². The van der Waals surface area contributed by atoms with Crippen LogP contribution in [0, 0.1) is 10.1 Å². The molecule has 0 spiro atoms. The van der Waals surface area contributed by atoms with Crippen LogP contribution in [0.15, 0.2) is 17.2 Å². The number of carbonyl (C=O) groups is 1. The number of carbonyl (C=O) groups excluding carboxylic acids is 1. The molecule has 1 amide bonds. The summed E-state index contributed by atoms with van der Waals surface area (Å²) in [5.41, 5.74) is 1.44. The molecule has 0 saturated carbocycles. The van der Waals surface area contributed by atoms with Crippen molar-refractivity contribution in [2.75, 3.05) is 6.79 Å². The SMILES string of the molecule is CC(C)(C)OC(=O)NN=Cc1cc2c(cc1[N+](=O)[O-])OCO2. The molecule has 1 aliphatic heterocycles. The largest absolute Gasteiger partial charge is 0.454 e. The predicted octanol–water partition coefficient (Wildman–Crippen LogP) is 2.18. The summed E-state index contributed by atoms with van der Waals surface area (Å²) in [6.45, 7) is 5.13. The maximum Gasteiger partial charge on any atom is 0.428 e. The second-order valence-electron chi connectivity index (χ2n) is 5.39. The van der Waals surface area contributed by atoms with E-state index in [-0.39, 0.29) is 18.0 Å². The maximum absolute atomic E-state index is 11.4. The molecule has 1 N–H and O–H groups in total. The topological polar surface area (TPSA) is 112 Å². The van der Waals surface area contributed by atoms with Crippen molar-refractivity contribution in [1.82, 2.24) is 5.43 Å². The molecular formula is C13H15N3O6. The van der Waals surface area contributed by atoms with Gasteiger partial charge in [0.15, 0.2) is 11.5 Å². The van der Waals surface area contributed by atoms with Crippen LogP contribution in [-0.2, 0) is 4.74 Å². The third-order valence-corrected chi connectivity index (χ3v) is 2.48. The number of hydrogen-bond donors (Lipinski definition) is 1.